The number of fused-ring (bicyclic) bond motifs is 1. The summed E-state index contributed by atoms with van der Waals surface area (Å²) in [6.07, 6.45) is 4.43. The maximum Gasteiger partial charge on any atom is -0.0261 e. The third-order valence-electron chi connectivity index (χ3n) is 4.12. The minimum atomic E-state index is 0.800. The molecule has 2 aliphatic rings. The Morgan fingerprint density at radius 1 is 1.50 bits per heavy atom. The topological polar surface area (TPSA) is 0 Å². The van der Waals surface area contributed by atoms with Gasteiger partial charge in [-0.2, -0.15) is 0 Å². The highest BCUT2D eigenvalue weighted by Crippen LogP contribution is 2.71. The van der Waals surface area contributed by atoms with Crippen LogP contribution in [0.25, 0.3) is 0 Å². The Morgan fingerprint density at radius 3 is 2.50 bits per heavy atom. The van der Waals surface area contributed by atoms with Gasteiger partial charge in [0, 0.05) is 0 Å². The maximum absolute atomic E-state index is 2.50. The zero-order chi connectivity index (χ0) is 7.35. The molecule has 0 aromatic carbocycles. The molecule has 0 radical (unpaired) electrons. The van der Waals surface area contributed by atoms with E-state index in [1.165, 1.54) is 19.3 Å². The van der Waals surface area contributed by atoms with E-state index in [9.17, 15) is 0 Å². The summed E-state index contributed by atoms with van der Waals surface area (Å²) in [5.74, 6) is 3.24. The van der Waals surface area contributed by atoms with Gasteiger partial charge in [-0.15, -0.1) is 0 Å². The molecule has 0 bridgehead atoms. The molecule has 0 saturated heterocycles. The zero-order valence-corrected chi connectivity index (χ0v) is 7.35. The summed E-state index contributed by atoms with van der Waals surface area (Å²) in [5.41, 5.74) is 0.800. The highest BCUT2D eigenvalue weighted by atomic mass is 14.7. The molecule has 0 spiro atoms. The third-order valence-corrected chi connectivity index (χ3v) is 4.12. The van der Waals surface area contributed by atoms with E-state index in [4.69, 9.17) is 0 Å². The van der Waals surface area contributed by atoms with E-state index in [1.807, 2.05) is 0 Å². The third kappa shape index (κ3) is 0.580. The minimum Gasteiger partial charge on any atom is -0.0651 e. The number of hydrogen-bond acceptors (Lipinski definition) is 0. The Balaban J connectivity index is 2.11. The van der Waals surface area contributed by atoms with Crippen molar-refractivity contribution in [2.45, 2.75) is 40.0 Å². The van der Waals surface area contributed by atoms with Crippen LogP contribution in [0.4, 0.5) is 0 Å². The fourth-order valence-electron chi connectivity index (χ4n) is 3.54. The number of rotatable bonds is 1. The normalized spacial score (nSPS) is 58.5. The Kier molecular flexibility index (Phi) is 1.19. The first-order valence-electron chi connectivity index (χ1n) is 4.70. The van der Waals surface area contributed by atoms with Crippen LogP contribution in [0.5, 0.6) is 0 Å². The molecule has 0 nitrogen and oxygen atoms in total. The van der Waals surface area contributed by atoms with Gasteiger partial charge in [0.25, 0.3) is 0 Å². The van der Waals surface area contributed by atoms with Crippen LogP contribution >= 0.6 is 0 Å². The first-order chi connectivity index (χ1) is 4.70. The van der Waals surface area contributed by atoms with Gasteiger partial charge < -0.3 is 0 Å². The van der Waals surface area contributed by atoms with Crippen molar-refractivity contribution in [3.05, 3.63) is 0 Å². The highest BCUT2D eigenvalue weighted by Gasteiger charge is 2.64. The van der Waals surface area contributed by atoms with Gasteiger partial charge in [0.2, 0.25) is 0 Å². The summed E-state index contributed by atoms with van der Waals surface area (Å²) in [4.78, 5) is 0. The molecule has 10 heavy (non-hydrogen) atoms. The first kappa shape index (κ1) is 6.69. The van der Waals surface area contributed by atoms with Gasteiger partial charge in [0.15, 0.2) is 0 Å². The predicted octanol–water partition coefficient (Wildman–Crippen LogP) is 3.08. The first-order valence-corrected chi connectivity index (χ1v) is 4.70. The summed E-state index contributed by atoms with van der Waals surface area (Å²) in [7, 11) is 0. The predicted molar refractivity (Wildman–Crippen MR) is 43.8 cm³/mol. The molecule has 0 aromatic rings. The van der Waals surface area contributed by atoms with Crippen molar-refractivity contribution in [1.82, 2.24) is 0 Å². The lowest BCUT2D eigenvalue weighted by molar-refractivity contribution is 0.436. The summed E-state index contributed by atoms with van der Waals surface area (Å²) < 4.78 is 0. The Morgan fingerprint density at radius 2 is 2.20 bits per heavy atom. The minimum absolute atomic E-state index is 0.800. The van der Waals surface area contributed by atoms with Gasteiger partial charge in [0.05, 0.1) is 0 Å². The molecular formula is C10H18. The Labute approximate surface area is 64.0 Å². The van der Waals surface area contributed by atoms with E-state index in [-0.39, 0.29) is 0 Å². The summed E-state index contributed by atoms with van der Waals surface area (Å²) in [6.45, 7) is 7.28. The standard InChI is InChI=1S/C10H18/c1-4-8-9-7(2)5-6-10(8,9)3/h7-9H,4-6H2,1-3H3. The van der Waals surface area contributed by atoms with E-state index in [0.717, 1.165) is 23.2 Å². The average molecular weight is 138 g/mol. The van der Waals surface area contributed by atoms with Gasteiger partial charge >= 0.3 is 0 Å². The maximum atomic E-state index is 2.50. The molecule has 4 atom stereocenters. The molecule has 2 fully saturated rings. The molecule has 2 aliphatic carbocycles. The van der Waals surface area contributed by atoms with Crippen LogP contribution in [0.2, 0.25) is 0 Å². The molecule has 2 rings (SSSR count). The summed E-state index contributed by atoms with van der Waals surface area (Å²) in [5, 5.41) is 0. The van der Waals surface area contributed by atoms with Gasteiger partial charge in [-0.05, 0) is 36.0 Å². The largest absolute Gasteiger partial charge is 0.0651 e. The molecule has 0 heterocycles. The van der Waals surface area contributed by atoms with E-state index in [1.54, 1.807) is 0 Å². The van der Waals surface area contributed by atoms with E-state index in [0.29, 0.717) is 0 Å². The monoisotopic (exact) mass is 138 g/mol. The van der Waals surface area contributed by atoms with Crippen LogP contribution < -0.4 is 0 Å². The fourth-order valence-corrected chi connectivity index (χ4v) is 3.54. The lowest BCUT2D eigenvalue weighted by Crippen LogP contribution is -1.97. The highest BCUT2D eigenvalue weighted by molar-refractivity contribution is 5.12. The van der Waals surface area contributed by atoms with Crippen LogP contribution in [0, 0.1) is 23.2 Å². The summed E-state index contributed by atoms with van der Waals surface area (Å²) in [6, 6.07) is 0. The second-order valence-electron chi connectivity index (χ2n) is 4.56. The van der Waals surface area contributed by atoms with Crippen molar-refractivity contribution in [2.24, 2.45) is 23.2 Å². The van der Waals surface area contributed by atoms with Gasteiger partial charge in [-0.1, -0.05) is 27.2 Å². The second kappa shape index (κ2) is 1.78. The molecule has 58 valence electrons. The molecule has 0 aliphatic heterocycles. The zero-order valence-electron chi connectivity index (χ0n) is 7.35. The quantitative estimate of drug-likeness (QED) is 0.522. The van der Waals surface area contributed by atoms with Crippen LogP contribution in [0.3, 0.4) is 0 Å². The summed E-state index contributed by atoms with van der Waals surface area (Å²) >= 11 is 0. The van der Waals surface area contributed by atoms with Crippen molar-refractivity contribution in [1.29, 1.82) is 0 Å². The van der Waals surface area contributed by atoms with Crippen LogP contribution in [-0.4, -0.2) is 0 Å². The van der Waals surface area contributed by atoms with Crippen molar-refractivity contribution < 1.29 is 0 Å². The molecule has 2 saturated carbocycles. The molecule has 0 heteroatoms. The second-order valence-corrected chi connectivity index (χ2v) is 4.56. The fraction of sp³-hybridized carbons (Fsp3) is 1.00. The van der Waals surface area contributed by atoms with E-state index in [2.05, 4.69) is 20.8 Å². The molecular weight excluding hydrogens is 120 g/mol. The van der Waals surface area contributed by atoms with Crippen LogP contribution in [0.15, 0.2) is 0 Å². The van der Waals surface area contributed by atoms with Crippen LogP contribution in [0.1, 0.15) is 40.0 Å². The SMILES string of the molecule is CCC1C2C(C)CCC12C. The Bertz CT molecular complexity index is 150. The van der Waals surface area contributed by atoms with E-state index >= 15 is 0 Å². The lowest BCUT2D eigenvalue weighted by Gasteiger charge is -2.07. The number of hydrogen-bond donors (Lipinski definition) is 0. The van der Waals surface area contributed by atoms with Crippen molar-refractivity contribution in [3.63, 3.8) is 0 Å². The smallest absolute Gasteiger partial charge is 0.0261 e. The van der Waals surface area contributed by atoms with Crippen molar-refractivity contribution in [2.75, 3.05) is 0 Å². The van der Waals surface area contributed by atoms with Gasteiger partial charge in [-0.3, -0.25) is 0 Å². The van der Waals surface area contributed by atoms with Gasteiger partial charge in [-0.25, -0.2) is 0 Å². The van der Waals surface area contributed by atoms with E-state index < -0.39 is 0 Å². The molecule has 0 amide bonds. The van der Waals surface area contributed by atoms with Gasteiger partial charge in [0.1, 0.15) is 0 Å². The van der Waals surface area contributed by atoms with Crippen molar-refractivity contribution in [3.8, 4) is 0 Å². The lowest BCUT2D eigenvalue weighted by atomic mass is 9.98. The van der Waals surface area contributed by atoms with Crippen LogP contribution in [-0.2, 0) is 0 Å². The molecule has 0 aromatic heterocycles. The molecule has 4 unspecified atom stereocenters. The molecule has 0 N–H and O–H groups in total. The Hall–Kier alpha value is 0. The van der Waals surface area contributed by atoms with Crippen molar-refractivity contribution >= 4 is 0 Å². The average Bonchev–Trinajstić information content (AvgIpc) is 2.41.